The van der Waals surface area contributed by atoms with Crippen LogP contribution in [0, 0.1) is 13.8 Å². The van der Waals surface area contributed by atoms with Crippen LogP contribution in [0.15, 0.2) is 55.1 Å². The SMILES string of the molecule is Cc1ccc(Nc2c3ccncc3nc3c2[nH]c2cnccc23)cc1C. The van der Waals surface area contributed by atoms with Crippen molar-refractivity contribution in [2.24, 2.45) is 0 Å². The minimum Gasteiger partial charge on any atom is -0.353 e. The van der Waals surface area contributed by atoms with Gasteiger partial charge >= 0.3 is 0 Å². The first kappa shape index (κ1) is 14.8. The second-order valence-corrected chi connectivity index (χ2v) is 6.57. The van der Waals surface area contributed by atoms with Crippen LogP contribution in [-0.2, 0) is 0 Å². The van der Waals surface area contributed by atoms with Crippen LogP contribution in [0.4, 0.5) is 11.4 Å². The molecule has 0 amide bonds. The molecular formula is C21H17N5. The highest BCUT2D eigenvalue weighted by molar-refractivity contribution is 6.15. The van der Waals surface area contributed by atoms with Crippen LogP contribution < -0.4 is 5.32 Å². The molecule has 5 heteroatoms. The van der Waals surface area contributed by atoms with Gasteiger partial charge in [-0.3, -0.25) is 9.97 Å². The Kier molecular flexibility index (Phi) is 3.15. The van der Waals surface area contributed by atoms with E-state index in [0.29, 0.717) is 0 Å². The van der Waals surface area contributed by atoms with Gasteiger partial charge in [0.2, 0.25) is 0 Å². The number of H-pyrrole nitrogens is 1. The molecule has 1 aromatic carbocycles. The molecule has 4 heterocycles. The molecule has 4 aromatic heterocycles. The fourth-order valence-corrected chi connectivity index (χ4v) is 3.36. The average molecular weight is 339 g/mol. The number of pyridine rings is 3. The molecule has 0 bridgehead atoms. The van der Waals surface area contributed by atoms with E-state index < -0.39 is 0 Å². The van der Waals surface area contributed by atoms with Gasteiger partial charge in [0.25, 0.3) is 0 Å². The highest BCUT2D eigenvalue weighted by Crippen LogP contribution is 2.35. The quantitative estimate of drug-likeness (QED) is 0.474. The number of aryl methyl sites for hydroxylation is 2. The van der Waals surface area contributed by atoms with E-state index in [9.17, 15) is 0 Å². The van der Waals surface area contributed by atoms with Crippen LogP contribution in [0.3, 0.4) is 0 Å². The number of hydrogen-bond acceptors (Lipinski definition) is 4. The van der Waals surface area contributed by atoms with Crippen molar-refractivity contribution in [2.75, 3.05) is 5.32 Å². The van der Waals surface area contributed by atoms with Crippen LogP contribution in [0.25, 0.3) is 32.8 Å². The molecule has 0 unspecified atom stereocenters. The summed E-state index contributed by atoms with van der Waals surface area (Å²) in [4.78, 5) is 16.8. The van der Waals surface area contributed by atoms with E-state index in [2.05, 4.69) is 52.3 Å². The van der Waals surface area contributed by atoms with Gasteiger partial charge in [-0.05, 0) is 49.2 Å². The Bertz CT molecular complexity index is 1290. The molecule has 0 fully saturated rings. The Morgan fingerprint density at radius 2 is 1.69 bits per heavy atom. The van der Waals surface area contributed by atoms with E-state index in [1.807, 2.05) is 18.3 Å². The summed E-state index contributed by atoms with van der Waals surface area (Å²) in [6.45, 7) is 4.24. The van der Waals surface area contributed by atoms with E-state index in [4.69, 9.17) is 4.98 Å². The number of aromatic amines is 1. The molecule has 5 nitrogen and oxygen atoms in total. The molecule has 0 aliphatic heterocycles. The van der Waals surface area contributed by atoms with Gasteiger partial charge in [-0.25, -0.2) is 4.98 Å². The fourth-order valence-electron chi connectivity index (χ4n) is 3.36. The van der Waals surface area contributed by atoms with Crippen molar-refractivity contribution in [1.29, 1.82) is 0 Å². The van der Waals surface area contributed by atoms with Crippen LogP contribution >= 0.6 is 0 Å². The van der Waals surface area contributed by atoms with Gasteiger partial charge in [0, 0.05) is 28.9 Å². The van der Waals surface area contributed by atoms with Gasteiger partial charge in [-0.2, -0.15) is 0 Å². The molecule has 2 N–H and O–H groups in total. The monoisotopic (exact) mass is 339 g/mol. The van der Waals surface area contributed by atoms with Crippen molar-refractivity contribution in [1.82, 2.24) is 19.9 Å². The molecule has 0 aliphatic carbocycles. The van der Waals surface area contributed by atoms with E-state index >= 15 is 0 Å². The summed E-state index contributed by atoms with van der Waals surface area (Å²) in [5.74, 6) is 0. The van der Waals surface area contributed by atoms with Gasteiger partial charge in [0.1, 0.15) is 0 Å². The zero-order valence-corrected chi connectivity index (χ0v) is 14.5. The third-order valence-corrected chi connectivity index (χ3v) is 4.90. The topological polar surface area (TPSA) is 66.5 Å². The average Bonchev–Trinajstić information content (AvgIpc) is 3.03. The smallest absolute Gasteiger partial charge is 0.0988 e. The lowest BCUT2D eigenvalue weighted by Crippen LogP contribution is -1.96. The molecule has 0 radical (unpaired) electrons. The number of anilines is 2. The van der Waals surface area contributed by atoms with Gasteiger partial charge in [0.05, 0.1) is 40.1 Å². The predicted molar refractivity (Wildman–Crippen MR) is 106 cm³/mol. The van der Waals surface area contributed by atoms with Gasteiger partial charge in [0.15, 0.2) is 0 Å². The maximum absolute atomic E-state index is 4.84. The number of rotatable bonds is 2. The zero-order valence-electron chi connectivity index (χ0n) is 14.5. The highest BCUT2D eigenvalue weighted by atomic mass is 14.9. The third-order valence-electron chi connectivity index (χ3n) is 4.90. The lowest BCUT2D eigenvalue weighted by atomic mass is 10.1. The lowest BCUT2D eigenvalue weighted by molar-refractivity contribution is 1.33. The van der Waals surface area contributed by atoms with Crippen LogP contribution in [0.2, 0.25) is 0 Å². The molecule has 0 aliphatic rings. The fraction of sp³-hybridized carbons (Fsp3) is 0.0952. The van der Waals surface area contributed by atoms with Crippen LogP contribution in [-0.4, -0.2) is 19.9 Å². The number of fused-ring (bicyclic) bond motifs is 4. The standard InChI is InChI=1S/C21H17N5/c1-12-3-4-14(9-13(12)2)24-19-15-5-7-22-10-17(15)25-20-16-6-8-23-11-18(16)26-21(19)20/h3-11,26H,1-2H3,(H,24,25). The van der Waals surface area contributed by atoms with Crippen LogP contribution in [0.1, 0.15) is 11.1 Å². The lowest BCUT2D eigenvalue weighted by Gasteiger charge is -2.12. The van der Waals surface area contributed by atoms with E-state index in [0.717, 1.165) is 44.2 Å². The van der Waals surface area contributed by atoms with Crippen molar-refractivity contribution in [3.8, 4) is 0 Å². The maximum Gasteiger partial charge on any atom is 0.0988 e. The normalized spacial score (nSPS) is 11.5. The molecule has 126 valence electrons. The van der Waals surface area contributed by atoms with Crippen molar-refractivity contribution < 1.29 is 0 Å². The zero-order chi connectivity index (χ0) is 17.7. The Morgan fingerprint density at radius 3 is 2.54 bits per heavy atom. The summed E-state index contributed by atoms with van der Waals surface area (Å²) in [5, 5.41) is 5.69. The van der Waals surface area contributed by atoms with E-state index in [1.165, 1.54) is 11.1 Å². The molecule has 0 spiro atoms. The number of hydrogen-bond donors (Lipinski definition) is 2. The molecule has 26 heavy (non-hydrogen) atoms. The Balaban J connectivity index is 1.83. The van der Waals surface area contributed by atoms with Gasteiger partial charge in [-0.15, -0.1) is 0 Å². The number of aromatic nitrogens is 4. The summed E-state index contributed by atoms with van der Waals surface area (Å²) in [5.41, 5.74) is 8.33. The first-order valence-electron chi connectivity index (χ1n) is 8.54. The second kappa shape index (κ2) is 5.52. The summed E-state index contributed by atoms with van der Waals surface area (Å²) >= 11 is 0. The predicted octanol–water partition coefficient (Wildman–Crippen LogP) is 5.02. The number of nitrogens with zero attached hydrogens (tertiary/aromatic N) is 3. The van der Waals surface area contributed by atoms with Crippen molar-refractivity contribution in [2.45, 2.75) is 13.8 Å². The summed E-state index contributed by atoms with van der Waals surface area (Å²) in [6, 6.07) is 10.4. The number of nitrogens with one attached hydrogen (secondary N) is 2. The molecule has 0 atom stereocenters. The van der Waals surface area contributed by atoms with Crippen LogP contribution in [0.5, 0.6) is 0 Å². The van der Waals surface area contributed by atoms with Gasteiger partial charge in [-0.1, -0.05) is 6.07 Å². The second-order valence-electron chi connectivity index (χ2n) is 6.57. The molecule has 0 saturated carbocycles. The van der Waals surface area contributed by atoms with Gasteiger partial charge < -0.3 is 10.3 Å². The first-order valence-corrected chi connectivity index (χ1v) is 8.54. The maximum atomic E-state index is 4.84. The molecular weight excluding hydrogens is 322 g/mol. The largest absolute Gasteiger partial charge is 0.353 e. The minimum atomic E-state index is 0.865. The molecule has 0 saturated heterocycles. The summed E-state index contributed by atoms with van der Waals surface area (Å²) < 4.78 is 0. The Labute approximate surface area is 150 Å². The van der Waals surface area contributed by atoms with Crippen molar-refractivity contribution in [3.05, 3.63) is 66.2 Å². The summed E-state index contributed by atoms with van der Waals surface area (Å²) in [7, 11) is 0. The Morgan fingerprint density at radius 1 is 0.885 bits per heavy atom. The third kappa shape index (κ3) is 2.21. The molecule has 5 rings (SSSR count). The molecule has 5 aromatic rings. The number of benzene rings is 1. The summed E-state index contributed by atoms with van der Waals surface area (Å²) in [6.07, 6.45) is 7.23. The Hall–Kier alpha value is -3.47. The van der Waals surface area contributed by atoms with E-state index in [-0.39, 0.29) is 0 Å². The highest BCUT2D eigenvalue weighted by Gasteiger charge is 2.14. The van der Waals surface area contributed by atoms with Crippen molar-refractivity contribution in [3.63, 3.8) is 0 Å². The minimum absolute atomic E-state index is 0.865. The van der Waals surface area contributed by atoms with Crippen molar-refractivity contribution >= 4 is 44.2 Å². The first-order chi connectivity index (χ1) is 12.7. The van der Waals surface area contributed by atoms with E-state index in [1.54, 1.807) is 18.6 Å².